The highest BCUT2D eigenvalue weighted by atomic mass is 32.1. The van der Waals surface area contributed by atoms with Gasteiger partial charge in [-0.2, -0.15) is 0 Å². The van der Waals surface area contributed by atoms with Gasteiger partial charge in [-0.3, -0.25) is 14.9 Å². The molecule has 2 rings (SSSR count). The number of hydrogen-bond acceptors (Lipinski definition) is 4. The maximum Gasteiger partial charge on any atom is 0.260 e. The molecular formula is C21H25FN4O2S. The van der Waals surface area contributed by atoms with Crippen molar-refractivity contribution in [2.75, 3.05) is 31.5 Å². The Hall–Kier alpha value is -2.84. The minimum atomic E-state index is -0.634. The average Bonchev–Trinajstić information content (AvgIpc) is 2.71. The van der Waals surface area contributed by atoms with Crippen molar-refractivity contribution in [1.82, 2.24) is 15.5 Å². The second-order valence-corrected chi connectivity index (χ2v) is 6.66. The summed E-state index contributed by atoms with van der Waals surface area (Å²) in [4.78, 5) is 26.5. The Balaban J connectivity index is 1.85. The summed E-state index contributed by atoms with van der Waals surface area (Å²) < 4.78 is 13.6. The van der Waals surface area contributed by atoms with Crippen LogP contribution in [0, 0.1) is 5.82 Å². The summed E-state index contributed by atoms with van der Waals surface area (Å²) in [6.07, 6.45) is 0. The lowest BCUT2D eigenvalue weighted by molar-refractivity contribution is 0.0946. The number of carbonyl (C=O) groups excluding carboxylic acids is 2. The lowest BCUT2D eigenvalue weighted by Crippen LogP contribution is -2.35. The third kappa shape index (κ3) is 6.92. The van der Waals surface area contributed by atoms with Gasteiger partial charge >= 0.3 is 0 Å². The highest BCUT2D eigenvalue weighted by molar-refractivity contribution is 7.80. The van der Waals surface area contributed by atoms with Crippen molar-refractivity contribution < 1.29 is 14.0 Å². The zero-order valence-corrected chi connectivity index (χ0v) is 17.3. The first-order valence-electron chi connectivity index (χ1n) is 9.42. The van der Waals surface area contributed by atoms with Crippen LogP contribution in [0.25, 0.3) is 0 Å². The molecule has 154 valence electrons. The van der Waals surface area contributed by atoms with Crippen molar-refractivity contribution in [2.24, 2.45) is 0 Å². The number of benzene rings is 2. The largest absolute Gasteiger partial charge is 0.351 e. The number of amides is 2. The van der Waals surface area contributed by atoms with Crippen molar-refractivity contribution in [3.63, 3.8) is 0 Å². The first-order valence-corrected chi connectivity index (χ1v) is 9.82. The molecule has 0 atom stereocenters. The number of anilines is 1. The summed E-state index contributed by atoms with van der Waals surface area (Å²) in [5.41, 5.74) is 1.04. The fraction of sp³-hybridized carbons (Fsp3) is 0.286. The number of nitrogens with zero attached hydrogens (tertiary/aromatic N) is 1. The molecule has 8 heteroatoms. The van der Waals surface area contributed by atoms with Crippen LogP contribution in [0.5, 0.6) is 0 Å². The molecule has 0 aliphatic rings. The molecule has 2 aromatic rings. The van der Waals surface area contributed by atoms with Gasteiger partial charge in [0.25, 0.3) is 11.8 Å². The fourth-order valence-corrected chi connectivity index (χ4v) is 2.86. The topological polar surface area (TPSA) is 73.5 Å². The second-order valence-electron chi connectivity index (χ2n) is 6.25. The minimum Gasteiger partial charge on any atom is -0.351 e. The molecule has 3 N–H and O–H groups in total. The van der Waals surface area contributed by atoms with Gasteiger partial charge in [0.05, 0.1) is 5.56 Å². The molecule has 0 unspecified atom stereocenters. The number of halogens is 1. The van der Waals surface area contributed by atoms with E-state index < -0.39 is 11.7 Å². The Labute approximate surface area is 175 Å². The van der Waals surface area contributed by atoms with Crippen LogP contribution in [-0.4, -0.2) is 48.0 Å². The molecule has 0 aromatic heterocycles. The summed E-state index contributed by atoms with van der Waals surface area (Å²) in [7, 11) is 0. The van der Waals surface area contributed by atoms with Crippen molar-refractivity contribution >= 4 is 34.8 Å². The van der Waals surface area contributed by atoms with Crippen molar-refractivity contribution in [3.8, 4) is 0 Å². The van der Waals surface area contributed by atoms with Gasteiger partial charge in [0, 0.05) is 24.3 Å². The molecule has 0 radical (unpaired) electrons. The second kappa shape index (κ2) is 11.2. The molecule has 0 aliphatic heterocycles. The molecular weight excluding hydrogens is 391 g/mol. The molecule has 0 saturated heterocycles. The lowest BCUT2D eigenvalue weighted by Gasteiger charge is -2.18. The number of rotatable bonds is 8. The number of likely N-dealkylation sites (N-methyl/N-ethyl adjacent to an activating group) is 1. The van der Waals surface area contributed by atoms with E-state index in [1.807, 2.05) is 0 Å². The van der Waals surface area contributed by atoms with E-state index in [-0.39, 0.29) is 16.6 Å². The van der Waals surface area contributed by atoms with Crippen molar-refractivity contribution in [1.29, 1.82) is 0 Å². The van der Waals surface area contributed by atoms with E-state index in [2.05, 4.69) is 34.7 Å². The van der Waals surface area contributed by atoms with E-state index in [0.717, 1.165) is 19.6 Å². The van der Waals surface area contributed by atoms with Gasteiger partial charge in [0.15, 0.2) is 5.11 Å². The highest BCUT2D eigenvalue weighted by Crippen LogP contribution is 2.10. The number of thiocarbonyl (C=S) groups is 1. The Bertz CT molecular complexity index is 854. The van der Waals surface area contributed by atoms with Crippen LogP contribution in [0.1, 0.15) is 34.6 Å². The number of nitrogens with one attached hydrogen (secondary N) is 3. The highest BCUT2D eigenvalue weighted by Gasteiger charge is 2.12. The third-order valence-corrected chi connectivity index (χ3v) is 4.56. The Morgan fingerprint density at radius 2 is 1.66 bits per heavy atom. The van der Waals surface area contributed by atoms with Gasteiger partial charge in [-0.05, 0) is 61.7 Å². The Morgan fingerprint density at radius 1 is 1.00 bits per heavy atom. The predicted molar refractivity (Wildman–Crippen MR) is 117 cm³/mol. The first kappa shape index (κ1) is 22.4. The Morgan fingerprint density at radius 3 is 2.28 bits per heavy atom. The zero-order chi connectivity index (χ0) is 21.2. The zero-order valence-electron chi connectivity index (χ0n) is 16.5. The maximum absolute atomic E-state index is 13.6. The minimum absolute atomic E-state index is 0.0367. The van der Waals surface area contributed by atoms with Crippen LogP contribution in [0.4, 0.5) is 10.1 Å². The van der Waals surface area contributed by atoms with Gasteiger partial charge in [-0.25, -0.2) is 4.39 Å². The van der Waals surface area contributed by atoms with E-state index in [1.54, 1.807) is 30.3 Å². The fourth-order valence-electron chi connectivity index (χ4n) is 2.65. The van der Waals surface area contributed by atoms with E-state index in [1.165, 1.54) is 18.2 Å². The van der Waals surface area contributed by atoms with Gasteiger partial charge in [0.1, 0.15) is 5.82 Å². The molecule has 0 bridgehead atoms. The normalized spacial score (nSPS) is 10.5. The maximum atomic E-state index is 13.6. The van der Waals surface area contributed by atoms with Gasteiger partial charge in [0.2, 0.25) is 0 Å². The van der Waals surface area contributed by atoms with Crippen molar-refractivity contribution in [3.05, 3.63) is 65.5 Å². The quantitative estimate of drug-likeness (QED) is 0.577. The Kier molecular flexibility index (Phi) is 8.69. The SMILES string of the molecule is CCN(CC)CCNC(=O)c1ccc(NC(=S)NC(=O)c2ccccc2F)cc1. The average molecular weight is 417 g/mol. The monoisotopic (exact) mass is 416 g/mol. The molecule has 0 spiro atoms. The summed E-state index contributed by atoms with van der Waals surface area (Å²) >= 11 is 5.10. The molecule has 2 aromatic carbocycles. The molecule has 0 heterocycles. The van der Waals surface area contributed by atoms with Crippen LogP contribution in [0.15, 0.2) is 48.5 Å². The van der Waals surface area contributed by atoms with Crippen LogP contribution >= 0.6 is 12.2 Å². The van der Waals surface area contributed by atoms with Gasteiger partial charge in [-0.15, -0.1) is 0 Å². The molecule has 0 fully saturated rings. The predicted octanol–water partition coefficient (Wildman–Crippen LogP) is 3.02. The number of carbonyl (C=O) groups is 2. The van der Waals surface area contributed by atoms with E-state index in [0.29, 0.717) is 17.8 Å². The standard InChI is InChI=1S/C21H25FN4O2S/c1-3-26(4-2)14-13-23-19(27)15-9-11-16(12-10-15)24-21(29)25-20(28)17-7-5-6-8-18(17)22/h5-12H,3-4,13-14H2,1-2H3,(H,23,27)(H2,24,25,28,29). The van der Waals surface area contributed by atoms with Crippen LogP contribution < -0.4 is 16.0 Å². The molecule has 0 aliphatic carbocycles. The first-order chi connectivity index (χ1) is 13.9. The molecule has 2 amide bonds. The smallest absolute Gasteiger partial charge is 0.260 e. The van der Waals surface area contributed by atoms with E-state index in [9.17, 15) is 14.0 Å². The number of hydrogen-bond donors (Lipinski definition) is 3. The summed E-state index contributed by atoms with van der Waals surface area (Å²) in [6.45, 7) is 7.43. The summed E-state index contributed by atoms with van der Waals surface area (Å²) in [5.74, 6) is -1.41. The molecule has 29 heavy (non-hydrogen) atoms. The van der Waals surface area contributed by atoms with Crippen LogP contribution in [0.2, 0.25) is 0 Å². The van der Waals surface area contributed by atoms with Crippen molar-refractivity contribution in [2.45, 2.75) is 13.8 Å². The van der Waals surface area contributed by atoms with Gasteiger partial charge in [-0.1, -0.05) is 26.0 Å². The summed E-state index contributed by atoms with van der Waals surface area (Å²) in [6, 6.07) is 12.3. The van der Waals surface area contributed by atoms with Crippen LogP contribution in [-0.2, 0) is 0 Å². The molecule has 0 saturated carbocycles. The van der Waals surface area contributed by atoms with Crippen LogP contribution in [0.3, 0.4) is 0 Å². The summed E-state index contributed by atoms with van der Waals surface area (Å²) in [5, 5.41) is 8.20. The van der Waals surface area contributed by atoms with E-state index in [4.69, 9.17) is 12.2 Å². The van der Waals surface area contributed by atoms with Gasteiger partial charge < -0.3 is 15.5 Å². The third-order valence-electron chi connectivity index (χ3n) is 4.36. The lowest BCUT2D eigenvalue weighted by atomic mass is 10.2. The molecule has 6 nitrogen and oxygen atoms in total. The van der Waals surface area contributed by atoms with E-state index >= 15 is 0 Å².